The van der Waals surface area contributed by atoms with Crippen molar-refractivity contribution in [1.82, 2.24) is 4.57 Å². The maximum absolute atomic E-state index is 11.8. The summed E-state index contributed by atoms with van der Waals surface area (Å²) in [5, 5.41) is 9.69. The third-order valence-corrected chi connectivity index (χ3v) is 7.11. The Morgan fingerprint density at radius 3 is 2.02 bits per heavy atom. The number of aromatic nitrogens is 1. The van der Waals surface area contributed by atoms with Crippen LogP contribution in [0.1, 0.15) is 29.7 Å². The summed E-state index contributed by atoms with van der Waals surface area (Å²) >= 11 is 0. The van der Waals surface area contributed by atoms with E-state index < -0.39 is 12.1 Å². The Morgan fingerprint density at radius 1 is 0.732 bits per heavy atom. The van der Waals surface area contributed by atoms with Crippen LogP contribution < -0.4 is 9.47 Å². The molecule has 208 valence electrons. The van der Waals surface area contributed by atoms with E-state index in [-0.39, 0.29) is 0 Å². The van der Waals surface area contributed by atoms with Crippen LogP contribution in [0, 0.1) is 6.92 Å². The molecule has 0 bridgehead atoms. The smallest absolute Gasteiger partial charge is 0.345 e. The average Bonchev–Trinajstić information content (AvgIpc) is 3.39. The summed E-state index contributed by atoms with van der Waals surface area (Å²) in [6.07, 6.45) is 2.52. The van der Waals surface area contributed by atoms with Crippen LogP contribution in [-0.4, -0.2) is 28.4 Å². The molecule has 0 aliphatic rings. The van der Waals surface area contributed by atoms with Crippen molar-refractivity contribution < 1.29 is 19.4 Å². The van der Waals surface area contributed by atoms with E-state index in [4.69, 9.17) is 9.47 Å². The summed E-state index contributed by atoms with van der Waals surface area (Å²) in [4.78, 5) is 11.8. The van der Waals surface area contributed by atoms with Crippen LogP contribution in [0.3, 0.4) is 0 Å². The molecule has 5 rings (SSSR count). The number of hydrogen-bond acceptors (Lipinski definition) is 3. The first kappa shape index (κ1) is 27.8. The van der Waals surface area contributed by atoms with Gasteiger partial charge in [-0.3, -0.25) is 0 Å². The summed E-state index contributed by atoms with van der Waals surface area (Å²) in [5.41, 5.74) is 6.51. The van der Waals surface area contributed by atoms with E-state index in [1.165, 1.54) is 5.56 Å². The maximum Gasteiger partial charge on any atom is 0.345 e. The number of benzene rings is 4. The number of unbranched alkanes of at least 4 members (excludes halogenated alkanes) is 1. The van der Waals surface area contributed by atoms with Crippen molar-refractivity contribution >= 4 is 5.97 Å². The molecular formula is C36H35NO4. The molecule has 0 saturated carbocycles. The Labute approximate surface area is 241 Å². The number of ether oxygens (including phenoxy) is 2. The van der Waals surface area contributed by atoms with Crippen LogP contribution in [0.5, 0.6) is 11.5 Å². The second kappa shape index (κ2) is 13.5. The number of hydrogen-bond donors (Lipinski definition) is 1. The highest BCUT2D eigenvalue weighted by Crippen LogP contribution is 2.29. The molecule has 0 saturated heterocycles. The quantitative estimate of drug-likeness (QED) is 0.153. The molecule has 0 aliphatic carbocycles. The zero-order chi connectivity index (χ0) is 28.4. The van der Waals surface area contributed by atoms with Gasteiger partial charge in [0.25, 0.3) is 0 Å². The normalized spacial score (nSPS) is 11.6. The lowest BCUT2D eigenvalue weighted by molar-refractivity contribution is -0.145. The van der Waals surface area contributed by atoms with E-state index in [9.17, 15) is 9.90 Å². The standard InChI is InChI=1S/C36H35NO4/c1-27-15-24-34(30-16-20-33(21-17-30)41-35(36(38)39)26-29-13-6-3-7-14-29)37(27)31-18-22-32(23-19-31)40-25-9-8-12-28-10-4-2-5-11-28/h2-7,10-11,13-24,35H,8-9,12,25-26H2,1H3,(H,38,39)/t35-/m1/s1. The Morgan fingerprint density at radius 2 is 1.37 bits per heavy atom. The van der Waals surface area contributed by atoms with Gasteiger partial charge < -0.3 is 19.1 Å². The van der Waals surface area contributed by atoms with Gasteiger partial charge in [0.2, 0.25) is 0 Å². The molecule has 0 amide bonds. The summed E-state index contributed by atoms with van der Waals surface area (Å²) in [7, 11) is 0. The van der Waals surface area contributed by atoms with Gasteiger partial charge in [0, 0.05) is 17.8 Å². The van der Waals surface area contributed by atoms with Crippen molar-refractivity contribution in [3.05, 3.63) is 138 Å². The lowest BCUT2D eigenvalue weighted by atomic mass is 10.1. The molecule has 1 heterocycles. The van der Waals surface area contributed by atoms with E-state index >= 15 is 0 Å². The van der Waals surface area contributed by atoms with Gasteiger partial charge in [0.15, 0.2) is 6.10 Å². The van der Waals surface area contributed by atoms with Crippen molar-refractivity contribution in [2.75, 3.05) is 6.61 Å². The summed E-state index contributed by atoms with van der Waals surface area (Å²) in [6.45, 7) is 2.78. The highest BCUT2D eigenvalue weighted by molar-refractivity contribution is 5.73. The predicted molar refractivity (Wildman–Crippen MR) is 163 cm³/mol. The molecule has 5 heteroatoms. The number of carbonyl (C=O) groups is 1. The molecule has 0 aliphatic heterocycles. The molecule has 5 aromatic rings. The Bertz CT molecular complexity index is 1520. The number of nitrogens with zero attached hydrogens (tertiary/aromatic N) is 1. The van der Waals surface area contributed by atoms with Crippen molar-refractivity contribution in [2.24, 2.45) is 0 Å². The van der Waals surface area contributed by atoms with Gasteiger partial charge in [-0.15, -0.1) is 0 Å². The van der Waals surface area contributed by atoms with Gasteiger partial charge in [-0.1, -0.05) is 60.7 Å². The van der Waals surface area contributed by atoms with Gasteiger partial charge in [0.1, 0.15) is 11.5 Å². The zero-order valence-electron chi connectivity index (χ0n) is 23.3. The minimum Gasteiger partial charge on any atom is -0.494 e. The molecule has 0 fully saturated rings. The van der Waals surface area contributed by atoms with E-state index in [2.05, 4.69) is 60.0 Å². The summed E-state index contributed by atoms with van der Waals surface area (Å²) in [5.74, 6) is 0.407. The fourth-order valence-electron chi connectivity index (χ4n) is 4.94. The van der Waals surface area contributed by atoms with Crippen LogP contribution in [-0.2, 0) is 17.6 Å². The number of carboxylic acid groups (broad SMARTS) is 1. The second-order valence-corrected chi connectivity index (χ2v) is 10.1. The van der Waals surface area contributed by atoms with E-state index in [0.717, 1.165) is 53.2 Å². The molecule has 0 radical (unpaired) electrons. The molecule has 0 spiro atoms. The summed E-state index contributed by atoms with van der Waals surface area (Å²) in [6, 6.07) is 40.1. The predicted octanol–water partition coefficient (Wildman–Crippen LogP) is 7.93. The fourth-order valence-corrected chi connectivity index (χ4v) is 4.94. The molecule has 1 N–H and O–H groups in total. The lowest BCUT2D eigenvalue weighted by Gasteiger charge is -2.16. The second-order valence-electron chi connectivity index (χ2n) is 10.1. The summed E-state index contributed by atoms with van der Waals surface area (Å²) < 4.78 is 14.1. The molecule has 1 aromatic heterocycles. The zero-order valence-corrected chi connectivity index (χ0v) is 23.3. The molecule has 4 aromatic carbocycles. The number of rotatable bonds is 13. The SMILES string of the molecule is Cc1ccc(-c2ccc(O[C@H](Cc3ccccc3)C(=O)O)cc2)n1-c1ccc(OCCCCc2ccccc2)cc1. The van der Waals surface area contributed by atoms with Gasteiger partial charge in [-0.25, -0.2) is 4.79 Å². The molecule has 5 nitrogen and oxygen atoms in total. The Kier molecular flexibility index (Phi) is 9.17. The molecule has 1 atom stereocenters. The van der Waals surface area contributed by atoms with E-state index in [0.29, 0.717) is 18.8 Å². The number of aryl methyl sites for hydroxylation is 2. The van der Waals surface area contributed by atoms with E-state index in [1.54, 1.807) is 0 Å². The van der Waals surface area contributed by atoms with Crippen LogP contribution in [0.4, 0.5) is 0 Å². The van der Waals surface area contributed by atoms with Gasteiger partial charge in [-0.2, -0.15) is 0 Å². The largest absolute Gasteiger partial charge is 0.494 e. The third kappa shape index (κ3) is 7.46. The number of carboxylic acids is 1. The minimum atomic E-state index is -0.984. The van der Waals surface area contributed by atoms with Gasteiger partial charge in [-0.05, 0) is 104 Å². The fraction of sp³-hybridized carbons (Fsp3) is 0.194. The maximum atomic E-state index is 11.8. The monoisotopic (exact) mass is 545 g/mol. The van der Waals surface area contributed by atoms with Crippen molar-refractivity contribution in [2.45, 2.75) is 38.7 Å². The van der Waals surface area contributed by atoms with E-state index in [1.807, 2.05) is 72.8 Å². The average molecular weight is 546 g/mol. The first-order valence-corrected chi connectivity index (χ1v) is 14.1. The van der Waals surface area contributed by atoms with Gasteiger partial charge >= 0.3 is 5.97 Å². The van der Waals surface area contributed by atoms with Crippen molar-refractivity contribution in [3.8, 4) is 28.4 Å². The third-order valence-electron chi connectivity index (χ3n) is 7.11. The van der Waals surface area contributed by atoms with Crippen LogP contribution in [0.15, 0.2) is 121 Å². The topological polar surface area (TPSA) is 60.7 Å². The molecular weight excluding hydrogens is 510 g/mol. The van der Waals surface area contributed by atoms with Gasteiger partial charge in [0.05, 0.1) is 12.3 Å². The van der Waals surface area contributed by atoms with Crippen LogP contribution >= 0.6 is 0 Å². The minimum absolute atomic E-state index is 0.299. The highest BCUT2D eigenvalue weighted by Gasteiger charge is 2.20. The van der Waals surface area contributed by atoms with Crippen molar-refractivity contribution in [3.63, 3.8) is 0 Å². The van der Waals surface area contributed by atoms with Crippen molar-refractivity contribution in [1.29, 1.82) is 0 Å². The Balaban J connectivity index is 1.20. The highest BCUT2D eigenvalue weighted by atomic mass is 16.5. The Hall–Kier alpha value is -4.77. The first-order chi connectivity index (χ1) is 20.1. The van der Waals surface area contributed by atoms with Crippen LogP contribution in [0.25, 0.3) is 16.9 Å². The molecule has 0 unspecified atom stereocenters. The van der Waals surface area contributed by atoms with Crippen LogP contribution in [0.2, 0.25) is 0 Å². The lowest BCUT2D eigenvalue weighted by Crippen LogP contribution is -2.29. The molecule has 41 heavy (non-hydrogen) atoms. The first-order valence-electron chi connectivity index (χ1n) is 14.1. The number of aliphatic carboxylic acids is 1.